The molecule has 1 aromatic rings. The van der Waals surface area contributed by atoms with Crippen LogP contribution in [0.5, 0.6) is 0 Å². The SMILES string of the molecule is Cc1ccnc(NCC2CC(C(F)(F)F)=NO2)c1[N+](=O)[O-]. The molecule has 0 aromatic carbocycles. The summed E-state index contributed by atoms with van der Waals surface area (Å²) in [4.78, 5) is 18.8. The molecule has 1 N–H and O–H groups in total. The van der Waals surface area contributed by atoms with Crippen LogP contribution >= 0.6 is 0 Å². The van der Waals surface area contributed by atoms with Crippen molar-refractivity contribution < 1.29 is 22.9 Å². The van der Waals surface area contributed by atoms with Crippen LogP contribution in [0.1, 0.15) is 12.0 Å². The Kier molecular flexibility index (Phi) is 3.96. The maximum absolute atomic E-state index is 12.4. The average Bonchev–Trinajstić information content (AvgIpc) is 2.84. The molecule has 21 heavy (non-hydrogen) atoms. The lowest BCUT2D eigenvalue weighted by molar-refractivity contribution is -0.384. The van der Waals surface area contributed by atoms with Gasteiger partial charge in [-0.2, -0.15) is 13.2 Å². The highest BCUT2D eigenvalue weighted by molar-refractivity contribution is 5.90. The third kappa shape index (κ3) is 3.38. The van der Waals surface area contributed by atoms with Crippen molar-refractivity contribution in [1.29, 1.82) is 0 Å². The Bertz CT molecular complexity index is 589. The summed E-state index contributed by atoms with van der Waals surface area (Å²) < 4.78 is 37.2. The summed E-state index contributed by atoms with van der Waals surface area (Å²) in [5.41, 5.74) is -0.814. The average molecular weight is 304 g/mol. The van der Waals surface area contributed by atoms with E-state index in [9.17, 15) is 23.3 Å². The normalized spacial score (nSPS) is 18.1. The molecule has 2 heterocycles. The molecule has 1 atom stereocenters. The number of pyridine rings is 1. The molecule has 10 heteroatoms. The number of nitrogens with zero attached hydrogens (tertiary/aromatic N) is 3. The van der Waals surface area contributed by atoms with Gasteiger partial charge in [-0.15, -0.1) is 0 Å². The van der Waals surface area contributed by atoms with E-state index in [1.54, 1.807) is 6.92 Å². The molecule has 114 valence electrons. The molecule has 0 bridgehead atoms. The first kappa shape index (κ1) is 15.0. The number of alkyl halides is 3. The van der Waals surface area contributed by atoms with Crippen LogP contribution < -0.4 is 5.32 Å². The molecule has 0 saturated heterocycles. The van der Waals surface area contributed by atoms with Crippen molar-refractivity contribution in [2.75, 3.05) is 11.9 Å². The summed E-state index contributed by atoms with van der Waals surface area (Å²) >= 11 is 0. The van der Waals surface area contributed by atoms with Gasteiger partial charge in [0.05, 0.1) is 11.5 Å². The maximum atomic E-state index is 12.4. The minimum Gasteiger partial charge on any atom is -0.390 e. The van der Waals surface area contributed by atoms with E-state index in [-0.39, 0.29) is 18.1 Å². The van der Waals surface area contributed by atoms with Gasteiger partial charge in [0.15, 0.2) is 5.71 Å². The van der Waals surface area contributed by atoms with Gasteiger partial charge in [0.25, 0.3) is 0 Å². The molecule has 0 amide bonds. The summed E-state index contributed by atoms with van der Waals surface area (Å²) in [6.07, 6.45) is -4.40. The second kappa shape index (κ2) is 5.54. The van der Waals surface area contributed by atoms with Gasteiger partial charge in [0.2, 0.25) is 5.82 Å². The molecule has 0 aliphatic carbocycles. The lowest BCUT2D eigenvalue weighted by Gasteiger charge is -2.11. The summed E-state index contributed by atoms with van der Waals surface area (Å²) in [7, 11) is 0. The van der Waals surface area contributed by atoms with Crippen LogP contribution in [0.2, 0.25) is 0 Å². The molecule has 1 aliphatic rings. The fraction of sp³-hybridized carbons (Fsp3) is 0.455. The number of hydrogen-bond acceptors (Lipinski definition) is 6. The van der Waals surface area contributed by atoms with Crippen LogP contribution in [0.25, 0.3) is 0 Å². The number of nitro groups is 1. The molecule has 1 aliphatic heterocycles. The van der Waals surface area contributed by atoms with E-state index in [0.29, 0.717) is 5.56 Å². The van der Waals surface area contributed by atoms with E-state index in [2.05, 4.69) is 20.3 Å². The molecule has 0 saturated carbocycles. The summed E-state index contributed by atoms with van der Waals surface area (Å²) in [6.45, 7) is 1.47. The molecule has 0 radical (unpaired) electrons. The van der Waals surface area contributed by atoms with Crippen LogP contribution in [-0.4, -0.2) is 34.4 Å². The third-order valence-corrected chi connectivity index (χ3v) is 2.87. The predicted octanol–water partition coefficient (Wildman–Crippen LogP) is 2.42. The predicted molar refractivity (Wildman–Crippen MR) is 67.1 cm³/mol. The number of halogens is 3. The van der Waals surface area contributed by atoms with Gasteiger partial charge in [-0.1, -0.05) is 5.16 Å². The van der Waals surface area contributed by atoms with Crippen molar-refractivity contribution >= 4 is 17.2 Å². The number of nitrogens with one attached hydrogen (secondary N) is 1. The second-order valence-corrected chi connectivity index (χ2v) is 4.43. The maximum Gasteiger partial charge on any atom is 0.432 e. The Hall–Kier alpha value is -2.39. The van der Waals surface area contributed by atoms with Gasteiger partial charge in [-0.05, 0) is 13.0 Å². The van der Waals surface area contributed by atoms with Gasteiger partial charge in [-0.25, -0.2) is 4.98 Å². The lowest BCUT2D eigenvalue weighted by Crippen LogP contribution is -2.26. The molecule has 7 nitrogen and oxygen atoms in total. The van der Waals surface area contributed by atoms with Crippen molar-refractivity contribution in [1.82, 2.24) is 4.98 Å². The minimum atomic E-state index is -4.53. The zero-order valence-electron chi connectivity index (χ0n) is 10.8. The minimum absolute atomic E-state index is 0.0101. The molecule has 1 aromatic heterocycles. The first-order valence-electron chi connectivity index (χ1n) is 5.93. The number of aromatic nitrogens is 1. The highest BCUT2D eigenvalue weighted by atomic mass is 19.4. The molecule has 1 unspecified atom stereocenters. The first-order valence-corrected chi connectivity index (χ1v) is 5.93. The Labute approximate surface area is 116 Å². The van der Waals surface area contributed by atoms with Crippen molar-refractivity contribution in [3.05, 3.63) is 27.9 Å². The van der Waals surface area contributed by atoms with Crippen LogP contribution in [-0.2, 0) is 4.84 Å². The van der Waals surface area contributed by atoms with Crippen molar-refractivity contribution in [3.63, 3.8) is 0 Å². The van der Waals surface area contributed by atoms with Crippen LogP contribution in [0.4, 0.5) is 24.7 Å². The number of rotatable bonds is 4. The van der Waals surface area contributed by atoms with Crippen molar-refractivity contribution in [3.8, 4) is 0 Å². The van der Waals surface area contributed by atoms with E-state index in [1.165, 1.54) is 12.3 Å². The summed E-state index contributed by atoms with van der Waals surface area (Å²) in [6, 6.07) is 1.47. The summed E-state index contributed by atoms with van der Waals surface area (Å²) in [5, 5.41) is 16.5. The highest BCUT2D eigenvalue weighted by Crippen LogP contribution is 2.28. The molecule has 0 fully saturated rings. The van der Waals surface area contributed by atoms with E-state index in [0.717, 1.165) is 0 Å². The fourth-order valence-corrected chi connectivity index (χ4v) is 1.83. The van der Waals surface area contributed by atoms with Gasteiger partial charge in [-0.3, -0.25) is 10.1 Å². The smallest absolute Gasteiger partial charge is 0.390 e. The van der Waals surface area contributed by atoms with Crippen LogP contribution in [0.15, 0.2) is 17.4 Å². The van der Waals surface area contributed by atoms with Crippen LogP contribution in [0.3, 0.4) is 0 Å². The first-order chi connectivity index (χ1) is 9.79. The molecular formula is C11H11F3N4O3. The molecule has 0 spiro atoms. The Morgan fingerprint density at radius 3 is 2.86 bits per heavy atom. The van der Waals surface area contributed by atoms with Gasteiger partial charge >= 0.3 is 11.9 Å². The third-order valence-electron chi connectivity index (χ3n) is 2.87. The number of oxime groups is 1. The van der Waals surface area contributed by atoms with Crippen molar-refractivity contribution in [2.24, 2.45) is 5.16 Å². The standard InChI is InChI=1S/C11H11F3N4O3/c1-6-2-3-15-10(9(6)18(19)20)16-5-7-4-8(17-21-7)11(12,13)14/h2-3,7H,4-5H2,1H3,(H,15,16). The summed E-state index contributed by atoms with van der Waals surface area (Å²) in [5.74, 6) is -0.0101. The van der Waals surface area contributed by atoms with E-state index in [4.69, 9.17) is 0 Å². The Morgan fingerprint density at radius 1 is 1.57 bits per heavy atom. The van der Waals surface area contributed by atoms with Gasteiger partial charge in [0.1, 0.15) is 6.10 Å². The van der Waals surface area contributed by atoms with E-state index >= 15 is 0 Å². The largest absolute Gasteiger partial charge is 0.432 e. The Morgan fingerprint density at radius 2 is 2.29 bits per heavy atom. The fourth-order valence-electron chi connectivity index (χ4n) is 1.83. The monoisotopic (exact) mass is 304 g/mol. The Balaban J connectivity index is 2.00. The zero-order valence-corrected chi connectivity index (χ0v) is 10.8. The number of anilines is 1. The molecular weight excluding hydrogens is 293 g/mol. The van der Waals surface area contributed by atoms with E-state index in [1.807, 2.05) is 0 Å². The van der Waals surface area contributed by atoms with E-state index < -0.39 is 29.3 Å². The lowest BCUT2D eigenvalue weighted by atomic mass is 10.1. The topological polar surface area (TPSA) is 89.7 Å². The number of aryl methyl sites for hydroxylation is 1. The zero-order chi connectivity index (χ0) is 15.6. The molecule has 2 rings (SSSR count). The number of hydrogen-bond donors (Lipinski definition) is 1. The highest BCUT2D eigenvalue weighted by Gasteiger charge is 2.41. The van der Waals surface area contributed by atoms with Gasteiger partial charge < -0.3 is 10.2 Å². The van der Waals surface area contributed by atoms with Gasteiger partial charge in [0, 0.05) is 18.2 Å². The quantitative estimate of drug-likeness (QED) is 0.681. The second-order valence-electron chi connectivity index (χ2n) is 4.43. The van der Waals surface area contributed by atoms with Crippen molar-refractivity contribution in [2.45, 2.75) is 25.6 Å². The van der Waals surface area contributed by atoms with Crippen LogP contribution in [0, 0.1) is 17.0 Å².